The van der Waals surface area contributed by atoms with E-state index in [-0.39, 0.29) is 29.3 Å². The molecule has 4 fully saturated rings. The summed E-state index contributed by atoms with van der Waals surface area (Å²) in [6, 6.07) is -0.171. The first-order valence-corrected chi connectivity index (χ1v) is 10.5. The molecule has 2 N–H and O–H groups in total. The summed E-state index contributed by atoms with van der Waals surface area (Å²) in [7, 11) is 0. The SMILES string of the molecule is CC(=O)NC12CC3C[C@H](C1)C(NC(=O)c1cnn(C(C)(C)C)c1C(F)(F)F)[C@@H](C3)C2. The molecular weight excluding hydrogens is 397 g/mol. The Morgan fingerprint density at radius 3 is 2.23 bits per heavy atom. The summed E-state index contributed by atoms with van der Waals surface area (Å²) in [5.41, 5.74) is -2.57. The van der Waals surface area contributed by atoms with E-state index in [1.807, 2.05) is 0 Å². The lowest BCUT2D eigenvalue weighted by Crippen LogP contribution is -2.66. The molecule has 4 aliphatic carbocycles. The monoisotopic (exact) mass is 426 g/mol. The van der Waals surface area contributed by atoms with Crippen LogP contribution in [0.4, 0.5) is 13.2 Å². The minimum atomic E-state index is -4.68. The molecule has 0 spiro atoms. The summed E-state index contributed by atoms with van der Waals surface area (Å²) in [5, 5.41) is 9.94. The average molecular weight is 426 g/mol. The van der Waals surface area contributed by atoms with E-state index in [0.29, 0.717) is 5.92 Å². The average Bonchev–Trinajstić information content (AvgIpc) is 3.02. The van der Waals surface area contributed by atoms with Crippen LogP contribution in [0.15, 0.2) is 6.20 Å². The van der Waals surface area contributed by atoms with Crippen molar-refractivity contribution in [2.24, 2.45) is 17.8 Å². The Bertz CT molecular complexity index is 855. The van der Waals surface area contributed by atoms with Crippen molar-refractivity contribution < 1.29 is 22.8 Å². The van der Waals surface area contributed by atoms with Crippen molar-refractivity contribution in [3.8, 4) is 0 Å². The Kier molecular flexibility index (Phi) is 4.74. The van der Waals surface area contributed by atoms with Gasteiger partial charge in [-0.2, -0.15) is 18.3 Å². The molecule has 1 aromatic heterocycles. The number of nitrogens with zero attached hydrogens (tertiary/aromatic N) is 2. The van der Waals surface area contributed by atoms with Crippen molar-refractivity contribution >= 4 is 11.8 Å². The van der Waals surface area contributed by atoms with Gasteiger partial charge in [0, 0.05) is 18.5 Å². The Morgan fingerprint density at radius 2 is 1.73 bits per heavy atom. The summed E-state index contributed by atoms with van der Waals surface area (Å²) in [6.07, 6.45) is 0.702. The number of amides is 2. The number of hydrogen-bond acceptors (Lipinski definition) is 3. The van der Waals surface area contributed by atoms with E-state index in [4.69, 9.17) is 0 Å². The molecule has 0 saturated heterocycles. The molecule has 4 aliphatic rings. The molecule has 166 valence electrons. The Hall–Kier alpha value is -2.06. The normalized spacial score (nSPS) is 32.9. The van der Waals surface area contributed by atoms with E-state index in [9.17, 15) is 22.8 Å². The maximum atomic E-state index is 13.8. The maximum absolute atomic E-state index is 13.8. The summed E-state index contributed by atoms with van der Waals surface area (Å²) in [4.78, 5) is 24.7. The van der Waals surface area contributed by atoms with Crippen LogP contribution in [0.2, 0.25) is 0 Å². The second-order valence-corrected chi connectivity index (χ2v) is 10.4. The lowest BCUT2D eigenvalue weighted by molar-refractivity contribution is -0.146. The molecule has 6 nitrogen and oxygen atoms in total. The predicted molar refractivity (Wildman–Crippen MR) is 104 cm³/mol. The molecule has 4 saturated carbocycles. The topological polar surface area (TPSA) is 76.0 Å². The second-order valence-electron chi connectivity index (χ2n) is 10.4. The highest BCUT2D eigenvalue weighted by molar-refractivity contribution is 5.95. The number of rotatable bonds is 3. The van der Waals surface area contributed by atoms with E-state index in [1.54, 1.807) is 20.8 Å². The molecule has 3 unspecified atom stereocenters. The van der Waals surface area contributed by atoms with Crippen LogP contribution in [-0.2, 0) is 16.5 Å². The third-order valence-electron chi connectivity index (χ3n) is 6.93. The van der Waals surface area contributed by atoms with Gasteiger partial charge in [-0.3, -0.25) is 14.3 Å². The molecule has 2 amide bonds. The molecule has 1 heterocycles. The first-order chi connectivity index (χ1) is 13.8. The van der Waals surface area contributed by atoms with Gasteiger partial charge >= 0.3 is 6.18 Å². The Labute approximate surface area is 174 Å². The van der Waals surface area contributed by atoms with Gasteiger partial charge in [0.25, 0.3) is 5.91 Å². The number of nitrogens with one attached hydrogen (secondary N) is 2. The molecule has 9 heteroatoms. The van der Waals surface area contributed by atoms with Crippen molar-refractivity contribution in [1.29, 1.82) is 0 Å². The van der Waals surface area contributed by atoms with Gasteiger partial charge in [-0.25, -0.2) is 0 Å². The molecule has 30 heavy (non-hydrogen) atoms. The largest absolute Gasteiger partial charge is 0.433 e. The summed E-state index contributed by atoms with van der Waals surface area (Å²) in [5.74, 6) is 0.0563. The van der Waals surface area contributed by atoms with Crippen molar-refractivity contribution in [1.82, 2.24) is 20.4 Å². The van der Waals surface area contributed by atoms with Crippen LogP contribution in [0.1, 0.15) is 75.9 Å². The fourth-order valence-electron chi connectivity index (χ4n) is 6.31. The van der Waals surface area contributed by atoms with Crippen LogP contribution in [0.25, 0.3) is 0 Å². The lowest BCUT2D eigenvalue weighted by atomic mass is 9.51. The third-order valence-corrected chi connectivity index (χ3v) is 6.93. The lowest BCUT2D eigenvalue weighted by Gasteiger charge is -2.60. The van der Waals surface area contributed by atoms with Gasteiger partial charge in [-0.1, -0.05) is 0 Å². The fourth-order valence-corrected chi connectivity index (χ4v) is 6.31. The Morgan fingerprint density at radius 1 is 1.13 bits per heavy atom. The molecule has 0 radical (unpaired) electrons. The maximum Gasteiger partial charge on any atom is 0.433 e. The fraction of sp³-hybridized carbons (Fsp3) is 0.762. The van der Waals surface area contributed by atoms with Crippen LogP contribution in [0.5, 0.6) is 0 Å². The van der Waals surface area contributed by atoms with Crippen LogP contribution in [0.3, 0.4) is 0 Å². The van der Waals surface area contributed by atoms with Gasteiger partial charge < -0.3 is 10.6 Å². The predicted octanol–water partition coefficient (Wildman–Crippen LogP) is 3.47. The smallest absolute Gasteiger partial charge is 0.351 e. The zero-order chi connectivity index (χ0) is 22.1. The quantitative estimate of drug-likeness (QED) is 0.777. The van der Waals surface area contributed by atoms with E-state index >= 15 is 0 Å². The van der Waals surface area contributed by atoms with Crippen molar-refractivity contribution in [2.75, 3.05) is 0 Å². The highest BCUT2D eigenvalue weighted by Gasteiger charge is 2.56. The zero-order valence-electron chi connectivity index (χ0n) is 17.8. The van der Waals surface area contributed by atoms with Crippen LogP contribution < -0.4 is 10.6 Å². The number of carbonyl (C=O) groups excluding carboxylic acids is 2. The summed E-state index contributed by atoms with van der Waals surface area (Å²) >= 11 is 0. The highest BCUT2D eigenvalue weighted by atomic mass is 19.4. The van der Waals surface area contributed by atoms with E-state index in [2.05, 4.69) is 15.7 Å². The number of halogens is 3. The first-order valence-electron chi connectivity index (χ1n) is 10.5. The van der Waals surface area contributed by atoms with Crippen molar-refractivity contribution in [2.45, 2.75) is 83.1 Å². The van der Waals surface area contributed by atoms with Crippen LogP contribution in [-0.4, -0.2) is 33.2 Å². The molecule has 0 aromatic carbocycles. The molecule has 5 atom stereocenters. The first kappa shape index (κ1) is 21.2. The standard InChI is InChI=1S/C21H29F3N4O2/c1-11(29)27-20-7-12-5-13(8-20)16(14(6-12)9-20)26-18(30)15-10-25-28(19(2,3)4)17(15)21(22,23)24/h10,12-14,16H,5-9H2,1-4H3,(H,26,30)(H,27,29)/t12?,13-,14+,16?,20?. The summed E-state index contributed by atoms with van der Waals surface area (Å²) < 4.78 is 42.2. The van der Waals surface area contributed by atoms with Gasteiger partial charge in [0.1, 0.15) is 0 Å². The van der Waals surface area contributed by atoms with E-state index in [1.165, 1.54) is 6.92 Å². The third kappa shape index (κ3) is 3.60. The molecule has 4 bridgehead atoms. The van der Waals surface area contributed by atoms with Gasteiger partial charge in [-0.05, 0) is 70.6 Å². The zero-order valence-corrected chi connectivity index (χ0v) is 17.8. The number of carbonyl (C=O) groups is 2. The van der Waals surface area contributed by atoms with Gasteiger partial charge in [0.2, 0.25) is 5.91 Å². The number of hydrogen-bond donors (Lipinski definition) is 2. The van der Waals surface area contributed by atoms with Crippen molar-refractivity contribution in [3.63, 3.8) is 0 Å². The minimum Gasteiger partial charge on any atom is -0.351 e. The van der Waals surface area contributed by atoms with Gasteiger partial charge in [0.05, 0.1) is 17.3 Å². The molecule has 0 aliphatic heterocycles. The van der Waals surface area contributed by atoms with E-state index in [0.717, 1.165) is 43.0 Å². The minimum absolute atomic E-state index is 0.0538. The molecular formula is C21H29F3N4O2. The van der Waals surface area contributed by atoms with Crippen molar-refractivity contribution in [3.05, 3.63) is 17.5 Å². The highest BCUT2D eigenvalue weighted by Crippen LogP contribution is 2.55. The van der Waals surface area contributed by atoms with Crippen LogP contribution in [0, 0.1) is 17.8 Å². The van der Waals surface area contributed by atoms with Gasteiger partial charge in [-0.15, -0.1) is 0 Å². The molecule has 1 aromatic rings. The number of alkyl halides is 3. The van der Waals surface area contributed by atoms with Gasteiger partial charge in [0.15, 0.2) is 5.69 Å². The molecule has 5 rings (SSSR count). The second kappa shape index (κ2) is 6.72. The van der Waals surface area contributed by atoms with Crippen LogP contribution >= 0.6 is 0 Å². The number of aromatic nitrogens is 2. The van der Waals surface area contributed by atoms with E-state index < -0.39 is 28.9 Å². The Balaban J connectivity index is 1.58. The summed E-state index contributed by atoms with van der Waals surface area (Å²) in [6.45, 7) is 6.38.